The number of nitrogens with one attached hydrogen (secondary N) is 2. The first-order valence-electron chi connectivity index (χ1n) is 13.0. The largest absolute Gasteiger partial charge is 0.465 e. The number of aromatic nitrogens is 1. The Labute approximate surface area is 252 Å². The van der Waals surface area contributed by atoms with Crippen molar-refractivity contribution in [2.45, 2.75) is 17.9 Å². The van der Waals surface area contributed by atoms with E-state index in [9.17, 15) is 18.8 Å². The molecule has 2 heterocycles. The fraction of sp³-hybridized carbons (Fsp3) is 0.161. The van der Waals surface area contributed by atoms with Crippen molar-refractivity contribution in [1.29, 1.82) is 0 Å². The average Bonchev–Trinajstić information content (AvgIpc) is 3.42. The van der Waals surface area contributed by atoms with Gasteiger partial charge in [-0.25, -0.2) is 4.39 Å². The Hall–Kier alpha value is -4.25. The van der Waals surface area contributed by atoms with Crippen LogP contribution in [0.1, 0.15) is 32.7 Å². The van der Waals surface area contributed by atoms with Gasteiger partial charge in [0.15, 0.2) is 5.82 Å². The quantitative estimate of drug-likeness (QED) is 0.159. The first-order valence-corrected chi connectivity index (χ1v) is 13.9. The minimum atomic E-state index is -0.637. The molecule has 1 saturated heterocycles. The molecule has 1 atom stereocenters. The van der Waals surface area contributed by atoms with Gasteiger partial charge in [-0.2, -0.15) is 0 Å². The number of hydrogen-bond donors (Lipinski definition) is 3. The summed E-state index contributed by atoms with van der Waals surface area (Å²) in [6, 6.07) is 20.9. The zero-order chi connectivity index (χ0) is 28.8. The normalized spacial score (nSPS) is 14.0. The van der Waals surface area contributed by atoms with Crippen LogP contribution in [0.25, 0.3) is 11.1 Å². The van der Waals surface area contributed by atoms with E-state index in [1.54, 1.807) is 48.2 Å². The number of amides is 2. The standard InChI is InChI=1S/C31H27FN4O4S.ClH/c32-27-17-34-12-10-28(27)36-30(38)21-4-5-22(16-33)26(15-21)19-2-1-3-20(14-19)29(37)35-24-6-8-25(9-7-24)41-18-23-11-13-40-31(23)39;/h1-10,12,14-15,17,23H,11,13,16,18,33H2,(H,35,37)(H,34,36,38);1H/t23-;/m1./s1. The van der Waals surface area contributed by atoms with Crippen molar-refractivity contribution in [3.05, 3.63) is 108 Å². The fourth-order valence-electron chi connectivity index (χ4n) is 4.39. The summed E-state index contributed by atoms with van der Waals surface area (Å²) in [6.07, 6.45) is 3.16. The van der Waals surface area contributed by atoms with Gasteiger partial charge in [0, 0.05) is 40.2 Å². The van der Waals surface area contributed by atoms with E-state index < -0.39 is 11.7 Å². The highest BCUT2D eigenvalue weighted by Crippen LogP contribution is 2.29. The van der Waals surface area contributed by atoms with Crippen LogP contribution in [0.15, 0.2) is 90.1 Å². The molecule has 1 fully saturated rings. The Morgan fingerprint density at radius 1 is 1.00 bits per heavy atom. The van der Waals surface area contributed by atoms with Gasteiger partial charge in [0.2, 0.25) is 0 Å². The van der Waals surface area contributed by atoms with Crippen LogP contribution in [0.2, 0.25) is 0 Å². The molecule has 0 bridgehead atoms. The van der Waals surface area contributed by atoms with Crippen LogP contribution in [-0.2, 0) is 16.1 Å². The summed E-state index contributed by atoms with van der Waals surface area (Å²) in [7, 11) is 0. The second-order valence-corrected chi connectivity index (χ2v) is 10.5. The van der Waals surface area contributed by atoms with Gasteiger partial charge in [0.1, 0.15) is 0 Å². The van der Waals surface area contributed by atoms with Crippen LogP contribution in [0, 0.1) is 11.7 Å². The molecule has 216 valence electrons. The van der Waals surface area contributed by atoms with Crippen molar-refractivity contribution >= 4 is 53.3 Å². The molecule has 0 radical (unpaired) electrons. The summed E-state index contributed by atoms with van der Waals surface area (Å²) in [5, 5.41) is 5.46. The van der Waals surface area contributed by atoms with Gasteiger partial charge in [-0.1, -0.05) is 18.2 Å². The van der Waals surface area contributed by atoms with Crippen molar-refractivity contribution in [1.82, 2.24) is 4.98 Å². The van der Waals surface area contributed by atoms with Crippen molar-refractivity contribution < 1.29 is 23.5 Å². The summed E-state index contributed by atoms with van der Waals surface area (Å²) in [5.41, 5.74) is 9.56. The van der Waals surface area contributed by atoms with Gasteiger partial charge in [-0.3, -0.25) is 19.4 Å². The number of cyclic esters (lactones) is 1. The first-order chi connectivity index (χ1) is 19.9. The molecule has 0 saturated carbocycles. The average molecular weight is 607 g/mol. The monoisotopic (exact) mass is 606 g/mol. The number of benzene rings is 3. The van der Waals surface area contributed by atoms with Gasteiger partial charge in [-0.05, 0) is 77.7 Å². The summed E-state index contributed by atoms with van der Waals surface area (Å²) in [6.45, 7) is 0.705. The Kier molecular flexibility index (Phi) is 10.3. The third-order valence-electron chi connectivity index (χ3n) is 6.66. The van der Waals surface area contributed by atoms with Crippen LogP contribution < -0.4 is 16.4 Å². The number of carbonyl (C=O) groups is 3. The summed E-state index contributed by atoms with van der Waals surface area (Å²) < 4.78 is 19.0. The van der Waals surface area contributed by atoms with E-state index in [1.807, 2.05) is 30.3 Å². The zero-order valence-electron chi connectivity index (χ0n) is 22.3. The number of nitrogens with zero attached hydrogens (tertiary/aromatic N) is 1. The minimum absolute atomic E-state index is 0. The van der Waals surface area contributed by atoms with Crippen LogP contribution >= 0.6 is 24.2 Å². The molecular formula is C31H28ClFN4O4S. The lowest BCUT2D eigenvalue weighted by Gasteiger charge is -2.13. The molecule has 0 unspecified atom stereocenters. The van der Waals surface area contributed by atoms with E-state index in [0.29, 0.717) is 40.3 Å². The maximum Gasteiger partial charge on any atom is 0.309 e. The number of rotatable bonds is 9. The SMILES string of the molecule is Cl.NCc1ccc(C(=O)Nc2ccncc2F)cc1-c1cccc(C(=O)Nc2ccc(SC[C@H]3CCOC3=O)cc2)c1. The minimum Gasteiger partial charge on any atom is -0.465 e. The maximum absolute atomic E-state index is 14.0. The van der Waals surface area contributed by atoms with E-state index in [2.05, 4.69) is 15.6 Å². The number of carbonyl (C=O) groups excluding carboxylic acids is 3. The van der Waals surface area contributed by atoms with Gasteiger partial charge in [0.25, 0.3) is 11.8 Å². The summed E-state index contributed by atoms with van der Waals surface area (Å²) in [5.74, 6) is -0.979. The molecule has 2 amide bonds. The van der Waals surface area contributed by atoms with Crippen LogP contribution in [0.5, 0.6) is 0 Å². The molecule has 0 aliphatic carbocycles. The molecule has 1 aliphatic rings. The highest BCUT2D eigenvalue weighted by atomic mass is 35.5. The lowest BCUT2D eigenvalue weighted by atomic mass is 9.95. The molecule has 5 rings (SSSR count). The Morgan fingerprint density at radius 3 is 2.48 bits per heavy atom. The predicted octanol–water partition coefficient (Wildman–Crippen LogP) is 5.93. The lowest BCUT2D eigenvalue weighted by Crippen LogP contribution is -2.14. The van der Waals surface area contributed by atoms with Gasteiger partial charge in [-0.15, -0.1) is 24.2 Å². The molecular weight excluding hydrogens is 579 g/mol. The number of thioether (sulfide) groups is 1. The lowest BCUT2D eigenvalue weighted by molar-refractivity contribution is -0.140. The number of esters is 1. The Bertz CT molecular complexity index is 1600. The Balaban J connectivity index is 0.00000405. The number of anilines is 2. The summed E-state index contributed by atoms with van der Waals surface area (Å²) in [4.78, 5) is 42.3. The van der Waals surface area contributed by atoms with E-state index in [0.717, 1.165) is 23.1 Å². The molecule has 8 nitrogen and oxygen atoms in total. The maximum atomic E-state index is 14.0. The van der Waals surface area contributed by atoms with E-state index in [-0.39, 0.29) is 42.4 Å². The topological polar surface area (TPSA) is 123 Å². The van der Waals surface area contributed by atoms with Crippen LogP contribution in [0.4, 0.5) is 15.8 Å². The van der Waals surface area contributed by atoms with Crippen molar-refractivity contribution in [2.24, 2.45) is 11.7 Å². The van der Waals surface area contributed by atoms with E-state index in [4.69, 9.17) is 10.5 Å². The Morgan fingerprint density at radius 2 is 1.76 bits per heavy atom. The number of nitrogens with two attached hydrogens (primary N) is 1. The predicted molar refractivity (Wildman–Crippen MR) is 163 cm³/mol. The fourth-order valence-corrected chi connectivity index (χ4v) is 5.41. The molecule has 4 aromatic rings. The van der Waals surface area contributed by atoms with Gasteiger partial charge in [0.05, 0.1) is 24.4 Å². The van der Waals surface area contributed by atoms with Gasteiger partial charge < -0.3 is 21.1 Å². The van der Waals surface area contributed by atoms with Gasteiger partial charge >= 0.3 is 5.97 Å². The molecule has 1 aliphatic heterocycles. The molecule has 0 spiro atoms. The molecule has 4 N–H and O–H groups in total. The third kappa shape index (κ3) is 7.33. The number of pyridine rings is 1. The second kappa shape index (κ2) is 14.1. The van der Waals surface area contributed by atoms with Crippen molar-refractivity contribution in [3.8, 4) is 11.1 Å². The molecule has 42 heavy (non-hydrogen) atoms. The van der Waals surface area contributed by atoms with Crippen LogP contribution in [0.3, 0.4) is 0 Å². The van der Waals surface area contributed by atoms with Crippen molar-refractivity contribution in [2.75, 3.05) is 23.0 Å². The molecule has 11 heteroatoms. The van der Waals surface area contributed by atoms with E-state index >= 15 is 0 Å². The summed E-state index contributed by atoms with van der Waals surface area (Å²) >= 11 is 1.58. The molecule has 1 aromatic heterocycles. The second-order valence-electron chi connectivity index (χ2n) is 9.41. The number of hydrogen-bond acceptors (Lipinski definition) is 7. The molecule has 3 aromatic carbocycles. The van der Waals surface area contributed by atoms with Crippen molar-refractivity contribution in [3.63, 3.8) is 0 Å². The smallest absolute Gasteiger partial charge is 0.309 e. The first kappa shape index (κ1) is 30.7. The third-order valence-corrected chi connectivity index (χ3v) is 7.83. The van der Waals surface area contributed by atoms with Crippen LogP contribution in [-0.4, -0.2) is 35.1 Å². The number of halogens is 2. The van der Waals surface area contributed by atoms with E-state index in [1.165, 1.54) is 12.3 Å². The highest BCUT2D eigenvalue weighted by Gasteiger charge is 2.26. The zero-order valence-corrected chi connectivity index (χ0v) is 24.0. The highest BCUT2D eigenvalue weighted by molar-refractivity contribution is 7.99. The number of ether oxygens (including phenoxy) is 1.